The van der Waals surface area contributed by atoms with Crippen LogP contribution in [0, 0.1) is 40.9 Å². The Labute approximate surface area is 90.1 Å². The summed E-state index contributed by atoms with van der Waals surface area (Å²) in [6.07, 6.45) is 5.25. The molecule has 4 rings (SSSR count). The van der Waals surface area contributed by atoms with E-state index in [2.05, 4.69) is 6.92 Å². The summed E-state index contributed by atoms with van der Waals surface area (Å²) in [6, 6.07) is 0. The second-order valence-electron chi connectivity index (χ2n) is 6.43. The molecule has 0 aromatic rings. The molecule has 4 aliphatic rings. The van der Waals surface area contributed by atoms with Crippen molar-refractivity contribution in [3.05, 3.63) is 0 Å². The van der Waals surface area contributed by atoms with E-state index in [1.165, 1.54) is 19.3 Å². The minimum Gasteiger partial charge on any atom is -0.481 e. The van der Waals surface area contributed by atoms with Gasteiger partial charge in [-0.2, -0.15) is 0 Å². The lowest BCUT2D eigenvalue weighted by Crippen LogP contribution is -2.52. The summed E-state index contributed by atoms with van der Waals surface area (Å²) in [5, 5.41) is 9.16. The summed E-state index contributed by atoms with van der Waals surface area (Å²) in [5.74, 6) is 3.80. The van der Waals surface area contributed by atoms with Crippen LogP contribution in [0.1, 0.15) is 32.6 Å². The highest BCUT2D eigenvalue weighted by molar-refractivity contribution is 5.75. The van der Waals surface area contributed by atoms with E-state index in [4.69, 9.17) is 5.11 Å². The molecule has 1 spiro atoms. The van der Waals surface area contributed by atoms with Crippen LogP contribution in [0.3, 0.4) is 0 Å². The van der Waals surface area contributed by atoms with Crippen molar-refractivity contribution in [2.24, 2.45) is 40.9 Å². The van der Waals surface area contributed by atoms with Gasteiger partial charge in [-0.15, -0.1) is 0 Å². The van der Waals surface area contributed by atoms with Crippen LogP contribution in [-0.2, 0) is 4.79 Å². The third-order valence-electron chi connectivity index (χ3n) is 6.37. The molecule has 4 aliphatic carbocycles. The van der Waals surface area contributed by atoms with Crippen molar-refractivity contribution in [2.45, 2.75) is 32.6 Å². The zero-order valence-electron chi connectivity index (χ0n) is 9.15. The molecule has 7 atom stereocenters. The third kappa shape index (κ3) is 0.724. The second-order valence-corrected chi connectivity index (χ2v) is 6.43. The van der Waals surface area contributed by atoms with Crippen LogP contribution in [-0.4, -0.2) is 11.1 Å². The Kier molecular flexibility index (Phi) is 1.29. The van der Waals surface area contributed by atoms with Crippen molar-refractivity contribution >= 4 is 5.97 Å². The number of hydrogen-bond donors (Lipinski definition) is 1. The Morgan fingerprint density at radius 3 is 2.73 bits per heavy atom. The van der Waals surface area contributed by atoms with E-state index in [1.54, 1.807) is 0 Å². The van der Waals surface area contributed by atoms with Crippen molar-refractivity contribution in [2.75, 3.05) is 0 Å². The van der Waals surface area contributed by atoms with Crippen LogP contribution in [0.25, 0.3) is 0 Å². The van der Waals surface area contributed by atoms with E-state index in [0.29, 0.717) is 5.92 Å². The van der Waals surface area contributed by atoms with Gasteiger partial charge in [0, 0.05) is 0 Å². The summed E-state index contributed by atoms with van der Waals surface area (Å²) < 4.78 is 0. The Morgan fingerprint density at radius 2 is 2.07 bits per heavy atom. The zero-order chi connectivity index (χ0) is 10.4. The maximum absolute atomic E-state index is 11.1. The highest BCUT2D eigenvalue weighted by atomic mass is 16.4. The van der Waals surface area contributed by atoms with Gasteiger partial charge in [0.15, 0.2) is 0 Å². The van der Waals surface area contributed by atoms with Gasteiger partial charge in [0.1, 0.15) is 0 Å². The molecule has 0 aliphatic heterocycles. The molecule has 4 fully saturated rings. The molecule has 0 amide bonds. The maximum Gasteiger partial charge on any atom is 0.307 e. The molecule has 0 aromatic carbocycles. The van der Waals surface area contributed by atoms with E-state index < -0.39 is 5.97 Å². The van der Waals surface area contributed by atoms with Crippen molar-refractivity contribution in [3.8, 4) is 0 Å². The number of hydrogen-bond acceptors (Lipinski definition) is 1. The largest absolute Gasteiger partial charge is 0.481 e. The van der Waals surface area contributed by atoms with E-state index in [0.717, 1.165) is 30.1 Å². The van der Waals surface area contributed by atoms with Gasteiger partial charge < -0.3 is 5.11 Å². The van der Waals surface area contributed by atoms with Crippen molar-refractivity contribution in [1.29, 1.82) is 0 Å². The number of carboxylic acid groups (broad SMARTS) is 1. The predicted octanol–water partition coefficient (Wildman–Crippen LogP) is 2.39. The quantitative estimate of drug-likeness (QED) is 0.715. The topological polar surface area (TPSA) is 37.3 Å². The third-order valence-corrected chi connectivity index (χ3v) is 6.37. The summed E-state index contributed by atoms with van der Waals surface area (Å²) >= 11 is 0. The minimum absolute atomic E-state index is 0.0214. The number of fused-ring (bicyclic) bond motifs is 6. The lowest BCUT2D eigenvalue weighted by molar-refractivity contribution is -0.146. The normalized spacial score (nSPS) is 64.1. The molecule has 0 saturated heterocycles. The van der Waals surface area contributed by atoms with Gasteiger partial charge in [-0.3, -0.25) is 4.79 Å². The minimum atomic E-state index is -0.525. The zero-order valence-corrected chi connectivity index (χ0v) is 9.15. The Hall–Kier alpha value is -0.530. The first-order chi connectivity index (χ1) is 7.16. The van der Waals surface area contributed by atoms with Crippen molar-refractivity contribution in [3.63, 3.8) is 0 Å². The fourth-order valence-corrected chi connectivity index (χ4v) is 5.88. The average molecular weight is 206 g/mol. The van der Waals surface area contributed by atoms with Crippen LogP contribution in [0.2, 0.25) is 0 Å². The molecule has 0 radical (unpaired) electrons. The Balaban J connectivity index is 1.67. The second kappa shape index (κ2) is 2.26. The van der Waals surface area contributed by atoms with Gasteiger partial charge in [-0.25, -0.2) is 0 Å². The van der Waals surface area contributed by atoms with Crippen LogP contribution >= 0.6 is 0 Å². The van der Waals surface area contributed by atoms with Gasteiger partial charge in [0.25, 0.3) is 0 Å². The Bertz CT molecular complexity index is 350. The first-order valence-electron chi connectivity index (χ1n) is 6.39. The molecular formula is C13H18O2. The molecular weight excluding hydrogens is 188 g/mol. The SMILES string of the molecule is C[C@H]1[C@@H]2[C@@H]3CC[C@@H](C3)[C@@H]2[C@@]12C[C@@H]2C(=O)O. The molecule has 82 valence electrons. The first-order valence-corrected chi connectivity index (χ1v) is 6.39. The predicted molar refractivity (Wildman–Crippen MR) is 55.2 cm³/mol. The maximum atomic E-state index is 11.1. The van der Waals surface area contributed by atoms with Crippen LogP contribution in [0.4, 0.5) is 0 Å². The van der Waals surface area contributed by atoms with E-state index in [1.807, 2.05) is 0 Å². The number of carboxylic acids is 1. The fourth-order valence-electron chi connectivity index (χ4n) is 5.88. The van der Waals surface area contributed by atoms with Gasteiger partial charge in [-0.1, -0.05) is 6.92 Å². The van der Waals surface area contributed by atoms with Crippen LogP contribution in [0.5, 0.6) is 0 Å². The Morgan fingerprint density at radius 1 is 1.33 bits per heavy atom. The summed E-state index contributed by atoms with van der Waals surface area (Å²) in [6.45, 7) is 2.32. The van der Waals surface area contributed by atoms with E-state index >= 15 is 0 Å². The van der Waals surface area contributed by atoms with E-state index in [9.17, 15) is 4.79 Å². The van der Waals surface area contributed by atoms with Gasteiger partial charge in [0.2, 0.25) is 0 Å². The van der Waals surface area contributed by atoms with Gasteiger partial charge >= 0.3 is 5.97 Å². The highest BCUT2D eigenvalue weighted by Gasteiger charge is 2.79. The van der Waals surface area contributed by atoms with Gasteiger partial charge in [-0.05, 0) is 60.7 Å². The summed E-state index contributed by atoms with van der Waals surface area (Å²) in [5.41, 5.74) is 0.274. The molecule has 2 bridgehead atoms. The molecule has 0 aromatic heterocycles. The number of rotatable bonds is 1. The summed E-state index contributed by atoms with van der Waals surface area (Å²) in [7, 11) is 0. The molecule has 4 saturated carbocycles. The molecule has 15 heavy (non-hydrogen) atoms. The smallest absolute Gasteiger partial charge is 0.307 e. The fraction of sp³-hybridized carbons (Fsp3) is 0.923. The standard InChI is InChI=1S/C13H18O2/c1-6-10-7-2-3-8(4-7)11(10)13(6)5-9(13)12(14)15/h6-11H,2-5H2,1H3,(H,14,15)/t6-,7+,8-,9+,10+,11-,13-/m0/s1. The van der Waals surface area contributed by atoms with Crippen molar-refractivity contribution in [1.82, 2.24) is 0 Å². The number of aliphatic carboxylic acids is 1. The van der Waals surface area contributed by atoms with Gasteiger partial charge in [0.05, 0.1) is 5.92 Å². The molecule has 1 N–H and O–H groups in total. The molecule has 0 unspecified atom stereocenters. The highest BCUT2D eigenvalue weighted by Crippen LogP contribution is 2.82. The molecule has 2 heteroatoms. The monoisotopic (exact) mass is 206 g/mol. The van der Waals surface area contributed by atoms with Crippen LogP contribution in [0.15, 0.2) is 0 Å². The number of carbonyl (C=O) groups is 1. The average Bonchev–Trinajstić information content (AvgIpc) is 2.75. The lowest BCUT2D eigenvalue weighted by Gasteiger charge is -2.55. The van der Waals surface area contributed by atoms with Crippen LogP contribution < -0.4 is 0 Å². The van der Waals surface area contributed by atoms with E-state index in [-0.39, 0.29) is 11.3 Å². The molecule has 0 heterocycles. The lowest BCUT2D eigenvalue weighted by atomic mass is 9.49. The van der Waals surface area contributed by atoms with Crippen molar-refractivity contribution < 1.29 is 9.90 Å². The summed E-state index contributed by atoms with van der Waals surface area (Å²) in [4.78, 5) is 11.1. The molecule has 2 nitrogen and oxygen atoms in total. The first kappa shape index (κ1) is 8.60.